The van der Waals surface area contributed by atoms with Crippen molar-refractivity contribution in [3.8, 4) is 5.75 Å². The Morgan fingerprint density at radius 1 is 1.42 bits per heavy atom. The molecule has 4 heteroatoms. The van der Waals surface area contributed by atoms with E-state index in [0.29, 0.717) is 12.4 Å². The summed E-state index contributed by atoms with van der Waals surface area (Å²) in [6, 6.07) is 7.77. The topological polar surface area (TPSA) is 55.5 Å². The third-order valence-corrected chi connectivity index (χ3v) is 3.46. The molecular weight excluding hydrogens is 242 g/mol. The van der Waals surface area contributed by atoms with Crippen LogP contribution in [0.15, 0.2) is 28.8 Å². The molecule has 0 amide bonds. The van der Waals surface area contributed by atoms with Crippen molar-refractivity contribution >= 4 is 0 Å². The van der Waals surface area contributed by atoms with Gasteiger partial charge in [0, 0.05) is 6.07 Å². The van der Waals surface area contributed by atoms with Gasteiger partial charge in [0.05, 0.1) is 11.8 Å². The number of hydrogen-bond donors (Lipinski definition) is 1. The number of aliphatic hydroxyl groups excluding tert-OH is 1. The molecular formula is C15H17NO3. The first-order chi connectivity index (χ1) is 9.22. The van der Waals surface area contributed by atoms with E-state index >= 15 is 0 Å². The molecule has 100 valence electrons. The van der Waals surface area contributed by atoms with E-state index in [4.69, 9.17) is 9.26 Å². The second kappa shape index (κ2) is 5.05. The van der Waals surface area contributed by atoms with Crippen molar-refractivity contribution in [1.82, 2.24) is 5.16 Å². The molecule has 1 atom stereocenters. The number of rotatable bonds is 3. The van der Waals surface area contributed by atoms with Crippen molar-refractivity contribution in [3.63, 3.8) is 0 Å². The lowest BCUT2D eigenvalue weighted by Crippen LogP contribution is -2.09. The van der Waals surface area contributed by atoms with Gasteiger partial charge in [0.2, 0.25) is 0 Å². The van der Waals surface area contributed by atoms with Gasteiger partial charge in [-0.2, -0.15) is 0 Å². The zero-order valence-corrected chi connectivity index (χ0v) is 10.9. The highest BCUT2D eigenvalue weighted by molar-refractivity contribution is 5.38. The van der Waals surface area contributed by atoms with Crippen LogP contribution in [-0.2, 0) is 13.0 Å². The molecule has 0 unspecified atom stereocenters. The standard InChI is InChI=1S/C15H17NO3/c1-10-7-13(19-16-10)9-18-12-6-5-11-3-2-4-15(17)14(11)8-12/h5-8,15,17H,2-4,9H2,1H3/t15-/m0/s1. The minimum absolute atomic E-state index is 0.357. The van der Waals surface area contributed by atoms with Gasteiger partial charge in [-0.25, -0.2) is 0 Å². The van der Waals surface area contributed by atoms with E-state index in [0.717, 1.165) is 36.3 Å². The Kier molecular flexibility index (Phi) is 3.25. The number of aliphatic hydroxyl groups is 1. The van der Waals surface area contributed by atoms with Crippen LogP contribution in [0.2, 0.25) is 0 Å². The molecule has 2 aromatic rings. The average Bonchev–Trinajstić information content (AvgIpc) is 2.83. The first-order valence-corrected chi connectivity index (χ1v) is 6.58. The fraction of sp³-hybridized carbons (Fsp3) is 0.400. The maximum Gasteiger partial charge on any atom is 0.174 e. The molecule has 1 aromatic heterocycles. The van der Waals surface area contributed by atoms with E-state index in [9.17, 15) is 5.11 Å². The molecule has 3 rings (SSSR count). The van der Waals surface area contributed by atoms with Crippen LogP contribution in [0.5, 0.6) is 5.75 Å². The van der Waals surface area contributed by atoms with E-state index in [-0.39, 0.29) is 6.10 Å². The molecule has 0 saturated carbocycles. The SMILES string of the molecule is Cc1cc(COc2ccc3c(c2)[C@@H](O)CCC3)on1. The Labute approximate surface area is 112 Å². The molecule has 0 fully saturated rings. The molecule has 4 nitrogen and oxygen atoms in total. The molecule has 0 aliphatic heterocycles. The quantitative estimate of drug-likeness (QED) is 0.920. The highest BCUT2D eigenvalue weighted by atomic mass is 16.5. The maximum absolute atomic E-state index is 9.99. The summed E-state index contributed by atoms with van der Waals surface area (Å²) in [7, 11) is 0. The molecule has 1 aromatic carbocycles. The fourth-order valence-corrected chi connectivity index (χ4v) is 2.48. The molecule has 0 bridgehead atoms. The lowest BCUT2D eigenvalue weighted by Gasteiger charge is -2.21. The van der Waals surface area contributed by atoms with E-state index in [2.05, 4.69) is 5.16 Å². The van der Waals surface area contributed by atoms with Gasteiger partial charge in [0.1, 0.15) is 12.4 Å². The highest BCUT2D eigenvalue weighted by Crippen LogP contribution is 2.32. The Morgan fingerprint density at radius 3 is 3.11 bits per heavy atom. The summed E-state index contributed by atoms with van der Waals surface area (Å²) in [4.78, 5) is 0. The van der Waals surface area contributed by atoms with Crippen LogP contribution >= 0.6 is 0 Å². The molecule has 19 heavy (non-hydrogen) atoms. The van der Waals surface area contributed by atoms with Crippen molar-refractivity contribution in [3.05, 3.63) is 46.8 Å². The third-order valence-electron chi connectivity index (χ3n) is 3.46. The third kappa shape index (κ3) is 2.63. The lowest BCUT2D eigenvalue weighted by atomic mass is 9.89. The number of fused-ring (bicyclic) bond motifs is 1. The summed E-state index contributed by atoms with van der Waals surface area (Å²) in [5.41, 5.74) is 3.07. The van der Waals surface area contributed by atoms with Crippen molar-refractivity contribution in [2.45, 2.75) is 38.9 Å². The zero-order chi connectivity index (χ0) is 13.2. The van der Waals surface area contributed by atoms with Crippen LogP contribution in [0.25, 0.3) is 0 Å². The molecule has 1 aliphatic carbocycles. The van der Waals surface area contributed by atoms with Crippen LogP contribution < -0.4 is 4.74 Å². The minimum Gasteiger partial charge on any atom is -0.486 e. The van der Waals surface area contributed by atoms with Gasteiger partial charge in [-0.05, 0) is 49.4 Å². The number of aryl methyl sites for hydroxylation is 2. The van der Waals surface area contributed by atoms with Gasteiger partial charge in [0.25, 0.3) is 0 Å². The number of aromatic nitrogens is 1. The van der Waals surface area contributed by atoms with E-state index < -0.39 is 0 Å². The Balaban J connectivity index is 1.73. The van der Waals surface area contributed by atoms with Crippen LogP contribution in [-0.4, -0.2) is 10.3 Å². The van der Waals surface area contributed by atoms with Crippen molar-refractivity contribution in [2.75, 3.05) is 0 Å². The summed E-state index contributed by atoms with van der Waals surface area (Å²) >= 11 is 0. The minimum atomic E-state index is -0.361. The molecule has 0 radical (unpaired) electrons. The van der Waals surface area contributed by atoms with Gasteiger partial charge in [-0.3, -0.25) is 0 Å². The summed E-state index contributed by atoms with van der Waals surface area (Å²) in [5, 5.41) is 13.8. The number of hydrogen-bond acceptors (Lipinski definition) is 4. The smallest absolute Gasteiger partial charge is 0.174 e. The van der Waals surface area contributed by atoms with Gasteiger partial charge < -0.3 is 14.4 Å². The van der Waals surface area contributed by atoms with Crippen LogP contribution in [0.3, 0.4) is 0 Å². The van der Waals surface area contributed by atoms with Crippen molar-refractivity contribution < 1.29 is 14.4 Å². The Hall–Kier alpha value is -1.81. The zero-order valence-electron chi connectivity index (χ0n) is 10.9. The van der Waals surface area contributed by atoms with Crippen LogP contribution in [0.4, 0.5) is 0 Å². The first-order valence-electron chi connectivity index (χ1n) is 6.58. The Morgan fingerprint density at radius 2 is 2.32 bits per heavy atom. The fourth-order valence-electron chi connectivity index (χ4n) is 2.48. The van der Waals surface area contributed by atoms with E-state index in [1.807, 2.05) is 31.2 Å². The normalized spacial score (nSPS) is 18.1. The first kappa shape index (κ1) is 12.2. The highest BCUT2D eigenvalue weighted by Gasteiger charge is 2.18. The maximum atomic E-state index is 9.99. The summed E-state index contributed by atoms with van der Waals surface area (Å²) in [5.74, 6) is 1.46. The molecule has 1 N–H and O–H groups in total. The summed E-state index contributed by atoms with van der Waals surface area (Å²) < 4.78 is 10.8. The number of benzene rings is 1. The molecule has 0 spiro atoms. The average molecular weight is 259 g/mol. The molecule has 0 saturated heterocycles. The number of nitrogens with zero attached hydrogens (tertiary/aromatic N) is 1. The van der Waals surface area contributed by atoms with Gasteiger partial charge in [0.15, 0.2) is 5.76 Å². The number of ether oxygens (including phenoxy) is 1. The summed E-state index contributed by atoms with van der Waals surface area (Å²) in [6.07, 6.45) is 2.55. The monoisotopic (exact) mass is 259 g/mol. The largest absolute Gasteiger partial charge is 0.486 e. The van der Waals surface area contributed by atoms with Gasteiger partial charge in [-0.15, -0.1) is 0 Å². The second-order valence-corrected chi connectivity index (χ2v) is 4.99. The van der Waals surface area contributed by atoms with Gasteiger partial charge >= 0.3 is 0 Å². The summed E-state index contributed by atoms with van der Waals surface area (Å²) in [6.45, 7) is 2.23. The van der Waals surface area contributed by atoms with Crippen LogP contribution in [0.1, 0.15) is 41.5 Å². The predicted molar refractivity (Wildman–Crippen MR) is 69.9 cm³/mol. The predicted octanol–water partition coefficient (Wildman–Crippen LogP) is 2.93. The molecule has 1 heterocycles. The van der Waals surface area contributed by atoms with E-state index in [1.165, 1.54) is 5.56 Å². The van der Waals surface area contributed by atoms with E-state index in [1.54, 1.807) is 0 Å². The van der Waals surface area contributed by atoms with Crippen molar-refractivity contribution in [2.24, 2.45) is 0 Å². The lowest BCUT2D eigenvalue weighted by molar-refractivity contribution is 0.155. The van der Waals surface area contributed by atoms with Crippen LogP contribution in [0, 0.1) is 6.92 Å². The Bertz CT molecular complexity index is 577. The van der Waals surface area contributed by atoms with Crippen molar-refractivity contribution in [1.29, 1.82) is 0 Å². The second-order valence-electron chi connectivity index (χ2n) is 4.99. The molecule has 1 aliphatic rings. The van der Waals surface area contributed by atoms with Gasteiger partial charge in [-0.1, -0.05) is 11.2 Å².